The summed E-state index contributed by atoms with van der Waals surface area (Å²) in [5.41, 5.74) is 7.61. The molecule has 0 radical (unpaired) electrons. The average Bonchev–Trinajstić information content (AvgIpc) is 2.86. The minimum atomic E-state index is -0.915. The van der Waals surface area contributed by atoms with Gasteiger partial charge in [0, 0.05) is 50.2 Å². The molecule has 3 fully saturated rings. The van der Waals surface area contributed by atoms with Crippen LogP contribution in [-0.4, -0.2) is 94.7 Å². The summed E-state index contributed by atoms with van der Waals surface area (Å²) in [4.78, 5) is 34.4. The lowest BCUT2D eigenvalue weighted by molar-refractivity contribution is -0.140. The Morgan fingerprint density at radius 1 is 1.14 bits per heavy atom. The summed E-state index contributed by atoms with van der Waals surface area (Å²) >= 11 is 0. The quantitative estimate of drug-likeness (QED) is 0.535. The molecule has 0 bridgehead atoms. The number of piperazine rings is 1. The SMILES string of the molecule is CC1CN(C(=O)O)CCN1C(=O)[C@H]1CC[C@@H](Nc2cc(OCCN3CCCCC3)ncc2N)CC1. The van der Waals surface area contributed by atoms with Gasteiger partial charge in [-0.1, -0.05) is 6.42 Å². The van der Waals surface area contributed by atoms with Gasteiger partial charge in [0.25, 0.3) is 0 Å². The molecular formula is C25H40N6O4. The van der Waals surface area contributed by atoms with E-state index in [1.54, 1.807) is 6.20 Å². The maximum Gasteiger partial charge on any atom is 0.407 e. The number of aromatic nitrogens is 1. The maximum absolute atomic E-state index is 13.1. The third kappa shape index (κ3) is 6.68. The van der Waals surface area contributed by atoms with Crippen LogP contribution in [0, 0.1) is 5.92 Å². The van der Waals surface area contributed by atoms with Gasteiger partial charge in [-0.3, -0.25) is 9.69 Å². The standard InChI is InChI=1S/C25H40N6O4/c1-18-17-30(25(33)34)11-12-31(18)24(32)19-5-7-20(8-6-19)28-22-15-23(27-16-21(22)26)35-14-13-29-9-3-2-4-10-29/h15-16,18-20H,2-14,17,26H2,1H3,(H,27,28)(H,33,34)/t18?,19-,20+. The largest absolute Gasteiger partial charge is 0.476 e. The number of rotatable bonds is 7. The maximum atomic E-state index is 13.1. The first kappa shape index (κ1) is 25.3. The second-order valence-corrected chi connectivity index (χ2v) is 10.2. The van der Waals surface area contributed by atoms with E-state index < -0.39 is 6.09 Å². The fraction of sp³-hybridized carbons (Fsp3) is 0.720. The number of ether oxygens (including phenoxy) is 1. The molecule has 1 saturated carbocycles. The van der Waals surface area contributed by atoms with E-state index in [0.717, 1.165) is 51.0 Å². The molecule has 1 unspecified atom stereocenters. The molecule has 0 aromatic carbocycles. The zero-order chi connectivity index (χ0) is 24.8. The van der Waals surface area contributed by atoms with Crippen molar-refractivity contribution < 1.29 is 19.4 Å². The predicted molar refractivity (Wildman–Crippen MR) is 135 cm³/mol. The molecule has 1 aromatic heterocycles. The number of carboxylic acid groups (broad SMARTS) is 1. The Morgan fingerprint density at radius 3 is 2.57 bits per heavy atom. The monoisotopic (exact) mass is 488 g/mol. The van der Waals surface area contributed by atoms with E-state index in [0.29, 0.717) is 37.8 Å². The van der Waals surface area contributed by atoms with Gasteiger partial charge in [0.2, 0.25) is 11.8 Å². The fourth-order valence-corrected chi connectivity index (χ4v) is 5.51. The number of nitrogens with zero attached hydrogens (tertiary/aromatic N) is 4. The lowest BCUT2D eigenvalue weighted by Gasteiger charge is -2.41. The Morgan fingerprint density at radius 2 is 1.89 bits per heavy atom. The van der Waals surface area contributed by atoms with Gasteiger partial charge in [0.15, 0.2) is 0 Å². The number of nitrogen functional groups attached to an aromatic ring is 1. The molecule has 4 N–H and O–H groups in total. The van der Waals surface area contributed by atoms with Crippen LogP contribution in [0.4, 0.5) is 16.2 Å². The van der Waals surface area contributed by atoms with Crippen LogP contribution in [-0.2, 0) is 4.79 Å². The van der Waals surface area contributed by atoms with Crippen LogP contribution in [0.25, 0.3) is 0 Å². The van der Waals surface area contributed by atoms with Crippen LogP contribution in [0.5, 0.6) is 5.88 Å². The van der Waals surface area contributed by atoms with Gasteiger partial charge >= 0.3 is 6.09 Å². The van der Waals surface area contributed by atoms with Crippen LogP contribution in [0.3, 0.4) is 0 Å². The Labute approximate surface area is 207 Å². The molecule has 194 valence electrons. The van der Waals surface area contributed by atoms with Crippen LogP contribution in [0.1, 0.15) is 51.9 Å². The topological polar surface area (TPSA) is 124 Å². The Balaban J connectivity index is 1.23. The molecular weight excluding hydrogens is 448 g/mol. The van der Waals surface area contributed by atoms with E-state index in [9.17, 15) is 14.7 Å². The van der Waals surface area contributed by atoms with E-state index >= 15 is 0 Å². The summed E-state index contributed by atoms with van der Waals surface area (Å²) in [6, 6.07) is 2.03. The Kier molecular flexibility index (Phi) is 8.54. The Hall–Kier alpha value is -2.75. The summed E-state index contributed by atoms with van der Waals surface area (Å²) in [5, 5.41) is 12.7. The first-order valence-electron chi connectivity index (χ1n) is 13.1. The lowest BCUT2D eigenvalue weighted by atomic mass is 9.84. The van der Waals surface area contributed by atoms with E-state index in [2.05, 4.69) is 15.2 Å². The van der Waals surface area contributed by atoms with Crippen LogP contribution in [0.2, 0.25) is 0 Å². The van der Waals surface area contributed by atoms with Crippen LogP contribution >= 0.6 is 0 Å². The number of nitrogens with two attached hydrogens (primary N) is 1. The summed E-state index contributed by atoms with van der Waals surface area (Å²) in [5.74, 6) is 0.737. The third-order valence-electron chi connectivity index (χ3n) is 7.63. The van der Waals surface area contributed by atoms with E-state index in [-0.39, 0.29) is 23.9 Å². The molecule has 10 nitrogen and oxygen atoms in total. The molecule has 1 aromatic rings. The van der Waals surface area contributed by atoms with Gasteiger partial charge < -0.3 is 30.7 Å². The lowest BCUT2D eigenvalue weighted by Crippen LogP contribution is -2.56. The van der Waals surface area contributed by atoms with Crippen LogP contribution in [0.15, 0.2) is 12.3 Å². The van der Waals surface area contributed by atoms with Crippen molar-refractivity contribution in [2.24, 2.45) is 5.92 Å². The van der Waals surface area contributed by atoms with Crippen molar-refractivity contribution in [3.63, 3.8) is 0 Å². The van der Waals surface area contributed by atoms with Crippen LogP contribution < -0.4 is 15.8 Å². The highest BCUT2D eigenvalue weighted by molar-refractivity contribution is 5.80. The molecule has 1 aliphatic carbocycles. The molecule has 3 aliphatic rings. The van der Waals surface area contributed by atoms with Crippen molar-refractivity contribution in [1.82, 2.24) is 19.7 Å². The predicted octanol–water partition coefficient (Wildman–Crippen LogP) is 2.71. The van der Waals surface area contributed by atoms with Gasteiger partial charge in [-0.15, -0.1) is 0 Å². The smallest absolute Gasteiger partial charge is 0.407 e. The first-order valence-corrected chi connectivity index (χ1v) is 13.1. The van der Waals surface area contributed by atoms with Gasteiger partial charge in [-0.05, 0) is 58.5 Å². The molecule has 1 atom stereocenters. The van der Waals surface area contributed by atoms with Crippen molar-refractivity contribution in [2.75, 3.05) is 56.9 Å². The van der Waals surface area contributed by atoms with E-state index in [1.807, 2.05) is 17.9 Å². The highest BCUT2D eigenvalue weighted by atomic mass is 16.5. The number of carbonyl (C=O) groups is 2. The van der Waals surface area contributed by atoms with Gasteiger partial charge in [0.05, 0.1) is 17.6 Å². The van der Waals surface area contributed by atoms with Gasteiger partial charge in [0.1, 0.15) is 6.61 Å². The summed E-state index contributed by atoms with van der Waals surface area (Å²) in [7, 11) is 0. The van der Waals surface area contributed by atoms with Gasteiger partial charge in [-0.25, -0.2) is 9.78 Å². The molecule has 0 spiro atoms. The number of anilines is 2. The molecule has 4 rings (SSSR count). The fourth-order valence-electron chi connectivity index (χ4n) is 5.51. The molecule has 35 heavy (non-hydrogen) atoms. The average molecular weight is 489 g/mol. The molecule has 2 saturated heterocycles. The molecule has 2 amide bonds. The minimum absolute atomic E-state index is 0.00431. The van der Waals surface area contributed by atoms with E-state index in [1.165, 1.54) is 24.2 Å². The number of likely N-dealkylation sites (tertiary alicyclic amines) is 1. The number of hydrogen-bond donors (Lipinski definition) is 3. The zero-order valence-electron chi connectivity index (χ0n) is 20.8. The number of hydrogen-bond acceptors (Lipinski definition) is 7. The molecule has 10 heteroatoms. The number of amides is 2. The van der Waals surface area contributed by atoms with E-state index in [4.69, 9.17) is 10.5 Å². The van der Waals surface area contributed by atoms with Crippen molar-refractivity contribution in [1.29, 1.82) is 0 Å². The second-order valence-electron chi connectivity index (χ2n) is 10.2. The third-order valence-corrected chi connectivity index (χ3v) is 7.63. The molecule has 2 aliphatic heterocycles. The normalized spacial score (nSPS) is 25.8. The number of nitrogens with one attached hydrogen (secondary N) is 1. The summed E-state index contributed by atoms with van der Waals surface area (Å²) in [6.45, 7) is 6.98. The highest BCUT2D eigenvalue weighted by Crippen LogP contribution is 2.31. The zero-order valence-corrected chi connectivity index (χ0v) is 20.8. The number of carbonyl (C=O) groups excluding carboxylic acids is 1. The van der Waals surface area contributed by atoms with Crippen molar-refractivity contribution in [2.45, 2.75) is 64.0 Å². The number of piperidine rings is 1. The Bertz CT molecular complexity index is 870. The summed E-state index contributed by atoms with van der Waals surface area (Å²) in [6.07, 6.45) is 7.97. The molecule has 3 heterocycles. The van der Waals surface area contributed by atoms with Crippen molar-refractivity contribution in [3.8, 4) is 5.88 Å². The second kappa shape index (κ2) is 11.8. The highest BCUT2D eigenvalue weighted by Gasteiger charge is 2.35. The first-order chi connectivity index (χ1) is 16.9. The van der Waals surface area contributed by atoms with Crippen molar-refractivity contribution in [3.05, 3.63) is 12.3 Å². The number of pyridine rings is 1. The van der Waals surface area contributed by atoms with Crippen molar-refractivity contribution >= 4 is 23.4 Å². The minimum Gasteiger partial charge on any atom is -0.476 e. The van der Waals surface area contributed by atoms with Gasteiger partial charge in [-0.2, -0.15) is 0 Å². The summed E-state index contributed by atoms with van der Waals surface area (Å²) < 4.78 is 5.90.